The van der Waals surface area contributed by atoms with Crippen molar-refractivity contribution in [2.75, 3.05) is 0 Å². The molecule has 5 nitrogen and oxygen atoms in total. The Morgan fingerprint density at radius 1 is 1.50 bits per heavy atom. The molecule has 1 saturated heterocycles. The van der Waals surface area contributed by atoms with Crippen molar-refractivity contribution in [2.24, 2.45) is 5.92 Å². The van der Waals surface area contributed by atoms with Crippen LogP contribution in [0.25, 0.3) is 0 Å². The van der Waals surface area contributed by atoms with Gasteiger partial charge in [-0.3, -0.25) is 14.6 Å². The first-order valence-electron chi connectivity index (χ1n) is 6.56. The number of carbonyl (C=O) groups excluding carboxylic acids is 1. The van der Waals surface area contributed by atoms with Crippen molar-refractivity contribution in [1.29, 1.82) is 0 Å². The van der Waals surface area contributed by atoms with Crippen LogP contribution >= 0.6 is 15.9 Å². The number of hydrogen-bond acceptors (Lipinski definition) is 3. The third kappa shape index (κ3) is 2.85. The van der Waals surface area contributed by atoms with E-state index in [4.69, 9.17) is 0 Å². The molecule has 1 N–H and O–H groups in total. The van der Waals surface area contributed by atoms with Crippen molar-refractivity contribution < 1.29 is 14.7 Å². The van der Waals surface area contributed by atoms with Crippen LogP contribution in [0.3, 0.4) is 0 Å². The van der Waals surface area contributed by atoms with Gasteiger partial charge in [0.25, 0.3) is 0 Å². The smallest absolute Gasteiger partial charge is 0.308 e. The predicted molar refractivity (Wildman–Crippen MR) is 77.0 cm³/mol. The maximum Gasteiger partial charge on any atom is 0.308 e. The molecule has 6 heteroatoms. The Kier molecular flexibility index (Phi) is 4.42. The van der Waals surface area contributed by atoms with Crippen LogP contribution in [0.1, 0.15) is 38.3 Å². The summed E-state index contributed by atoms with van der Waals surface area (Å²) in [6.45, 7) is 3.81. The fraction of sp³-hybridized carbons (Fsp3) is 0.500. The summed E-state index contributed by atoms with van der Waals surface area (Å²) < 4.78 is 0.779. The van der Waals surface area contributed by atoms with Crippen LogP contribution in [-0.2, 0) is 9.59 Å². The van der Waals surface area contributed by atoms with Crippen LogP contribution < -0.4 is 0 Å². The molecule has 1 fully saturated rings. The SMILES string of the molecule is CC(C)N1C(=O)CCC(C(=O)O)C1c1cncc(Br)c1. The number of piperidine rings is 1. The van der Waals surface area contributed by atoms with E-state index in [0.717, 1.165) is 10.0 Å². The highest BCUT2D eigenvalue weighted by Gasteiger charge is 2.41. The quantitative estimate of drug-likeness (QED) is 0.918. The van der Waals surface area contributed by atoms with E-state index in [1.807, 2.05) is 19.9 Å². The zero-order chi connectivity index (χ0) is 14.9. The van der Waals surface area contributed by atoms with Gasteiger partial charge in [-0.05, 0) is 47.8 Å². The van der Waals surface area contributed by atoms with Gasteiger partial charge in [0.15, 0.2) is 0 Å². The van der Waals surface area contributed by atoms with Crippen LogP contribution in [0.5, 0.6) is 0 Å². The Morgan fingerprint density at radius 3 is 2.75 bits per heavy atom. The van der Waals surface area contributed by atoms with Gasteiger partial charge in [0.05, 0.1) is 12.0 Å². The molecule has 2 heterocycles. The maximum absolute atomic E-state index is 12.2. The molecule has 20 heavy (non-hydrogen) atoms. The summed E-state index contributed by atoms with van der Waals surface area (Å²) in [5.41, 5.74) is 0.758. The third-order valence-corrected chi connectivity index (χ3v) is 4.01. The van der Waals surface area contributed by atoms with Gasteiger partial charge in [0.1, 0.15) is 0 Å². The lowest BCUT2D eigenvalue weighted by Gasteiger charge is -2.42. The topological polar surface area (TPSA) is 70.5 Å². The van der Waals surface area contributed by atoms with E-state index in [0.29, 0.717) is 6.42 Å². The summed E-state index contributed by atoms with van der Waals surface area (Å²) in [5.74, 6) is -1.46. The third-order valence-electron chi connectivity index (χ3n) is 3.58. The van der Waals surface area contributed by atoms with Crippen molar-refractivity contribution in [1.82, 2.24) is 9.88 Å². The number of nitrogens with zero attached hydrogens (tertiary/aromatic N) is 2. The lowest BCUT2D eigenvalue weighted by atomic mass is 9.84. The summed E-state index contributed by atoms with van der Waals surface area (Å²) in [4.78, 5) is 29.5. The minimum absolute atomic E-state index is 0.00229. The zero-order valence-electron chi connectivity index (χ0n) is 11.4. The molecule has 0 spiro atoms. The van der Waals surface area contributed by atoms with E-state index in [-0.39, 0.29) is 18.4 Å². The Labute approximate surface area is 126 Å². The molecule has 0 aliphatic carbocycles. The second-order valence-corrected chi connectivity index (χ2v) is 6.18. The van der Waals surface area contributed by atoms with Crippen LogP contribution in [0.2, 0.25) is 0 Å². The Hall–Kier alpha value is -1.43. The Morgan fingerprint density at radius 2 is 2.20 bits per heavy atom. The van der Waals surface area contributed by atoms with E-state index < -0.39 is 17.9 Å². The van der Waals surface area contributed by atoms with Crippen molar-refractivity contribution in [3.63, 3.8) is 0 Å². The Balaban J connectivity index is 2.48. The molecule has 0 aromatic carbocycles. The van der Waals surface area contributed by atoms with E-state index in [2.05, 4.69) is 20.9 Å². The number of hydrogen-bond donors (Lipinski definition) is 1. The fourth-order valence-corrected chi connectivity index (χ4v) is 3.15. The number of carboxylic acids is 1. The average molecular weight is 341 g/mol. The van der Waals surface area contributed by atoms with Gasteiger partial charge < -0.3 is 10.0 Å². The molecule has 108 valence electrons. The number of halogens is 1. The van der Waals surface area contributed by atoms with Crippen molar-refractivity contribution >= 4 is 27.8 Å². The highest BCUT2D eigenvalue weighted by Crippen LogP contribution is 2.38. The van der Waals surface area contributed by atoms with Crippen LogP contribution in [0, 0.1) is 5.92 Å². The van der Waals surface area contributed by atoms with Gasteiger partial charge in [-0.1, -0.05) is 0 Å². The number of rotatable bonds is 3. The van der Waals surface area contributed by atoms with Gasteiger partial charge in [0, 0.05) is 29.3 Å². The van der Waals surface area contributed by atoms with E-state index >= 15 is 0 Å². The van der Waals surface area contributed by atoms with Gasteiger partial charge in [0.2, 0.25) is 5.91 Å². The molecule has 0 radical (unpaired) electrons. The highest BCUT2D eigenvalue weighted by molar-refractivity contribution is 9.10. The van der Waals surface area contributed by atoms with Gasteiger partial charge in [-0.15, -0.1) is 0 Å². The molecule has 1 aromatic heterocycles. The minimum Gasteiger partial charge on any atom is -0.481 e. The summed E-state index contributed by atoms with van der Waals surface area (Å²) >= 11 is 3.34. The van der Waals surface area contributed by atoms with Gasteiger partial charge in [-0.2, -0.15) is 0 Å². The molecule has 2 rings (SSSR count). The van der Waals surface area contributed by atoms with Gasteiger partial charge in [-0.25, -0.2) is 0 Å². The van der Waals surface area contributed by atoms with Crippen molar-refractivity contribution in [3.8, 4) is 0 Å². The van der Waals surface area contributed by atoms with E-state index in [1.54, 1.807) is 17.3 Å². The largest absolute Gasteiger partial charge is 0.481 e. The first-order chi connectivity index (χ1) is 9.41. The number of aliphatic carboxylic acids is 1. The fourth-order valence-electron chi connectivity index (χ4n) is 2.77. The summed E-state index contributed by atoms with van der Waals surface area (Å²) in [7, 11) is 0. The summed E-state index contributed by atoms with van der Waals surface area (Å²) in [5, 5.41) is 9.46. The summed E-state index contributed by atoms with van der Waals surface area (Å²) in [6.07, 6.45) is 3.94. The number of carboxylic acid groups (broad SMARTS) is 1. The number of amides is 1. The average Bonchev–Trinajstić information content (AvgIpc) is 2.37. The van der Waals surface area contributed by atoms with Crippen molar-refractivity contribution in [2.45, 2.75) is 38.8 Å². The minimum atomic E-state index is -0.867. The normalized spacial score (nSPS) is 23.2. The lowest BCUT2D eigenvalue weighted by Crippen LogP contribution is -2.48. The van der Waals surface area contributed by atoms with Crippen LogP contribution in [-0.4, -0.2) is 32.9 Å². The molecular formula is C14H17BrN2O3. The highest BCUT2D eigenvalue weighted by atomic mass is 79.9. The monoisotopic (exact) mass is 340 g/mol. The molecule has 1 aromatic rings. The molecular weight excluding hydrogens is 324 g/mol. The molecule has 0 saturated carbocycles. The second-order valence-electron chi connectivity index (χ2n) is 5.26. The zero-order valence-corrected chi connectivity index (χ0v) is 13.0. The molecule has 0 bridgehead atoms. The molecule has 1 amide bonds. The van der Waals surface area contributed by atoms with E-state index in [1.165, 1.54) is 0 Å². The number of aromatic nitrogens is 1. The van der Waals surface area contributed by atoms with Crippen LogP contribution in [0.4, 0.5) is 0 Å². The predicted octanol–water partition coefficient (Wildman–Crippen LogP) is 2.62. The second kappa shape index (κ2) is 5.91. The molecule has 2 atom stereocenters. The number of likely N-dealkylation sites (tertiary alicyclic amines) is 1. The standard InChI is InChI=1S/C14H17BrN2O3/c1-8(2)17-12(18)4-3-11(14(19)20)13(17)9-5-10(15)7-16-6-9/h5-8,11,13H,3-4H2,1-2H3,(H,19,20). The van der Waals surface area contributed by atoms with E-state index in [9.17, 15) is 14.7 Å². The molecule has 1 aliphatic heterocycles. The summed E-state index contributed by atoms with van der Waals surface area (Å²) in [6, 6.07) is 1.33. The van der Waals surface area contributed by atoms with Crippen molar-refractivity contribution in [3.05, 3.63) is 28.5 Å². The lowest BCUT2D eigenvalue weighted by molar-refractivity contribution is -0.153. The molecule has 1 aliphatic rings. The molecule has 2 unspecified atom stereocenters. The maximum atomic E-state index is 12.2. The first kappa shape index (κ1) is 15.0. The van der Waals surface area contributed by atoms with Gasteiger partial charge >= 0.3 is 5.97 Å². The Bertz CT molecular complexity index is 533. The van der Waals surface area contributed by atoms with Crippen LogP contribution in [0.15, 0.2) is 22.9 Å². The number of pyridine rings is 1. The first-order valence-corrected chi connectivity index (χ1v) is 7.35. The number of carbonyl (C=O) groups is 2.